The second kappa shape index (κ2) is 25.2. The molecule has 0 aromatic carbocycles. The van der Waals surface area contributed by atoms with E-state index in [-0.39, 0.29) is 6.61 Å². The number of carbonyl (C=O) groups excluding carboxylic acids is 7. The van der Waals surface area contributed by atoms with Gasteiger partial charge in [-0.25, -0.2) is 0 Å². The molecule has 2 rings (SSSR count). The summed E-state index contributed by atoms with van der Waals surface area (Å²) in [7, 11) is 0. The zero-order chi connectivity index (χ0) is 41.8. The van der Waals surface area contributed by atoms with Gasteiger partial charge in [-0.3, -0.25) is 33.6 Å². The molecule has 0 aliphatic carbocycles. The van der Waals surface area contributed by atoms with E-state index in [1.165, 1.54) is 19.3 Å². The molecule has 0 amide bonds. The fraction of sp³-hybridized carbons (Fsp3) is 0.763. The Labute approximate surface area is 327 Å². The molecule has 2 aliphatic rings. The predicted octanol–water partition coefficient (Wildman–Crippen LogP) is 3.32. The van der Waals surface area contributed by atoms with Crippen LogP contribution in [-0.4, -0.2) is 123 Å². The number of allylic oxidation sites excluding steroid dienone is 2. The largest absolute Gasteiger partial charge is 0.463 e. The number of unbranched alkanes of at least 4 members (excludes halogenated alkanes) is 6. The monoisotopic (exact) mass is 804 g/mol. The van der Waals surface area contributed by atoms with Crippen LogP contribution < -0.4 is 0 Å². The van der Waals surface area contributed by atoms with Crippen LogP contribution in [0.1, 0.15) is 107 Å². The van der Waals surface area contributed by atoms with E-state index in [2.05, 4.69) is 19.1 Å². The predicted molar refractivity (Wildman–Crippen MR) is 191 cm³/mol. The number of rotatable bonds is 22. The first-order valence-corrected chi connectivity index (χ1v) is 18.9. The van der Waals surface area contributed by atoms with Gasteiger partial charge in [0.2, 0.25) is 0 Å². The van der Waals surface area contributed by atoms with Crippen LogP contribution in [0.5, 0.6) is 0 Å². The minimum atomic E-state index is -1.77. The Hall–Kier alpha value is -4.13. The van der Waals surface area contributed by atoms with E-state index in [1.54, 1.807) is 0 Å². The van der Waals surface area contributed by atoms with Gasteiger partial charge < -0.3 is 52.1 Å². The van der Waals surface area contributed by atoms with Crippen molar-refractivity contribution in [3.05, 3.63) is 12.2 Å². The first kappa shape index (κ1) is 48.0. The second-order valence-corrected chi connectivity index (χ2v) is 13.3. The summed E-state index contributed by atoms with van der Waals surface area (Å²) in [6.07, 6.45) is -2.92. The molecular formula is C38H58O18. The highest BCUT2D eigenvalue weighted by Crippen LogP contribution is 2.35. The van der Waals surface area contributed by atoms with Crippen LogP contribution in [0.3, 0.4) is 0 Å². The Balaban J connectivity index is 2.51. The molecule has 318 valence electrons. The van der Waals surface area contributed by atoms with Gasteiger partial charge in [-0.05, 0) is 32.1 Å². The molecule has 2 fully saturated rings. The quantitative estimate of drug-likeness (QED) is 0.0663. The summed E-state index contributed by atoms with van der Waals surface area (Å²) in [6, 6.07) is 0. The normalized spacial score (nSPS) is 27.4. The highest BCUT2D eigenvalue weighted by molar-refractivity contribution is 5.69. The molecule has 0 radical (unpaired) electrons. The van der Waals surface area contributed by atoms with Crippen LogP contribution in [0.15, 0.2) is 12.2 Å². The Bertz CT molecular complexity index is 1330. The van der Waals surface area contributed by atoms with Crippen LogP contribution in [0.25, 0.3) is 0 Å². The second-order valence-electron chi connectivity index (χ2n) is 13.3. The molecule has 0 bridgehead atoms. The van der Waals surface area contributed by atoms with Gasteiger partial charge in [0.15, 0.2) is 43.1 Å². The molecule has 0 spiro atoms. The Kier molecular flexibility index (Phi) is 21.6. The van der Waals surface area contributed by atoms with Crippen LogP contribution in [0.2, 0.25) is 0 Å². The van der Waals surface area contributed by atoms with Gasteiger partial charge >= 0.3 is 41.8 Å². The number of carbonyl (C=O) groups is 7. The SMILES string of the molecule is CCCCCC/C=C\CCC[14CH2]O[C@@H]1O[C@H](COC(C)=O)[C@@H](O[C@H]2O[C@H](COC(C)=O)[C@@H](OC(C)=O)[C@H](OC(C)=O)[C@H]2OC(C)=O)[C@H](OC(C)=O)[C@H]1OC(C)=O. The maximum Gasteiger partial charge on any atom is 0.303 e. The lowest BCUT2D eigenvalue weighted by atomic mass is 9.96. The van der Waals surface area contributed by atoms with Gasteiger partial charge in [-0.1, -0.05) is 38.3 Å². The first-order chi connectivity index (χ1) is 26.5. The highest BCUT2D eigenvalue weighted by Gasteiger charge is 2.57. The van der Waals surface area contributed by atoms with Gasteiger partial charge in [-0.15, -0.1) is 0 Å². The van der Waals surface area contributed by atoms with Crippen molar-refractivity contribution in [2.45, 2.75) is 168 Å². The third-order valence-corrected chi connectivity index (χ3v) is 8.32. The van der Waals surface area contributed by atoms with E-state index >= 15 is 0 Å². The number of hydrogen-bond acceptors (Lipinski definition) is 18. The fourth-order valence-electron chi connectivity index (χ4n) is 6.09. The molecular weight excluding hydrogens is 746 g/mol. The van der Waals surface area contributed by atoms with Crippen LogP contribution in [0, 0.1) is 0 Å². The smallest absolute Gasteiger partial charge is 0.303 e. The van der Waals surface area contributed by atoms with Gasteiger partial charge in [0.05, 0.1) is 0 Å². The zero-order valence-corrected chi connectivity index (χ0v) is 33.6. The van der Waals surface area contributed by atoms with Crippen molar-refractivity contribution in [3.8, 4) is 0 Å². The third-order valence-electron chi connectivity index (χ3n) is 8.32. The van der Waals surface area contributed by atoms with Gasteiger partial charge in [0, 0.05) is 55.1 Å². The molecule has 2 saturated heterocycles. The average Bonchev–Trinajstić information content (AvgIpc) is 3.09. The fourth-order valence-corrected chi connectivity index (χ4v) is 6.09. The lowest BCUT2D eigenvalue weighted by molar-refractivity contribution is -0.361. The van der Waals surface area contributed by atoms with E-state index in [1.807, 2.05) is 0 Å². The van der Waals surface area contributed by atoms with Crippen molar-refractivity contribution >= 4 is 41.8 Å². The van der Waals surface area contributed by atoms with E-state index in [0.29, 0.717) is 6.42 Å². The van der Waals surface area contributed by atoms with Crippen molar-refractivity contribution in [1.82, 2.24) is 0 Å². The molecule has 2 heterocycles. The third kappa shape index (κ3) is 17.3. The first-order valence-electron chi connectivity index (χ1n) is 18.9. The van der Waals surface area contributed by atoms with Crippen molar-refractivity contribution in [2.75, 3.05) is 19.8 Å². The van der Waals surface area contributed by atoms with E-state index in [9.17, 15) is 33.6 Å². The summed E-state index contributed by atoms with van der Waals surface area (Å²) in [6.45, 7) is 8.92. The number of hydrogen-bond donors (Lipinski definition) is 0. The zero-order valence-electron chi connectivity index (χ0n) is 33.6. The minimum absolute atomic E-state index is 0.144. The molecule has 0 aromatic heterocycles. The molecule has 10 atom stereocenters. The highest BCUT2D eigenvalue weighted by atomic mass is 16.8. The Morgan fingerprint density at radius 1 is 0.500 bits per heavy atom. The molecule has 0 N–H and O–H groups in total. The topological polar surface area (TPSA) is 221 Å². The summed E-state index contributed by atoms with van der Waals surface area (Å²) in [5, 5.41) is 0. The lowest BCUT2D eigenvalue weighted by Crippen LogP contribution is -2.67. The standard InChI is InChI=1S/C38H58O18/c1-9-10-11-12-13-14-15-16-17-18-19-46-37-35(52-27(7)44)34(51-26(6)43)32(30(54-37)21-48-23(3)40)56-38-36(53-28(8)45)33(50-25(5)42)31(49-24(4)41)29(55-38)20-47-22(2)39/h14-15,29-38H,9-13,16-21H2,1-8H3/b15-14-/t29-,30-,31-,32-,33+,34+,35-,36-,37-,38-/m1/s1/i19+2. The molecule has 18 nitrogen and oxygen atoms in total. The molecule has 0 saturated carbocycles. The van der Waals surface area contributed by atoms with Crippen molar-refractivity contribution in [3.63, 3.8) is 0 Å². The van der Waals surface area contributed by atoms with Crippen LogP contribution >= 0.6 is 0 Å². The molecule has 18 heteroatoms. The van der Waals surface area contributed by atoms with Crippen LogP contribution in [-0.2, 0) is 85.7 Å². The summed E-state index contributed by atoms with van der Waals surface area (Å²) < 4.78 is 62.8. The summed E-state index contributed by atoms with van der Waals surface area (Å²) in [5.74, 6) is -5.69. The average molecular weight is 805 g/mol. The molecule has 56 heavy (non-hydrogen) atoms. The van der Waals surface area contributed by atoms with Crippen LogP contribution in [0.4, 0.5) is 0 Å². The Morgan fingerprint density at radius 3 is 1.43 bits per heavy atom. The lowest BCUT2D eigenvalue weighted by Gasteiger charge is -2.48. The summed E-state index contributed by atoms with van der Waals surface area (Å²) in [5.41, 5.74) is 0. The summed E-state index contributed by atoms with van der Waals surface area (Å²) in [4.78, 5) is 85.9. The van der Waals surface area contributed by atoms with E-state index in [0.717, 1.165) is 74.1 Å². The molecule has 0 unspecified atom stereocenters. The van der Waals surface area contributed by atoms with Gasteiger partial charge in [-0.2, -0.15) is 0 Å². The molecule has 2 aliphatic heterocycles. The maximum absolute atomic E-state index is 12.6. The van der Waals surface area contributed by atoms with Gasteiger partial charge in [0.1, 0.15) is 31.5 Å². The van der Waals surface area contributed by atoms with E-state index < -0.39 is 116 Å². The summed E-state index contributed by atoms with van der Waals surface area (Å²) >= 11 is 0. The van der Waals surface area contributed by atoms with Gasteiger partial charge in [0.25, 0.3) is 0 Å². The van der Waals surface area contributed by atoms with E-state index in [4.69, 9.17) is 52.1 Å². The van der Waals surface area contributed by atoms with Crippen molar-refractivity contribution in [1.29, 1.82) is 0 Å². The number of ether oxygens (including phenoxy) is 11. The van der Waals surface area contributed by atoms with Crippen molar-refractivity contribution in [2.24, 2.45) is 0 Å². The molecule has 0 aromatic rings. The minimum Gasteiger partial charge on any atom is -0.463 e. The number of esters is 7. The Morgan fingerprint density at radius 2 is 0.929 bits per heavy atom. The maximum atomic E-state index is 12.6. The van der Waals surface area contributed by atoms with Crippen molar-refractivity contribution < 1.29 is 85.7 Å².